The number of hydrogen-bond donors (Lipinski definition) is 2. The average Bonchev–Trinajstić information content (AvgIpc) is 3.19. The van der Waals surface area contributed by atoms with Crippen LogP contribution in [-0.4, -0.2) is 53.0 Å². The highest BCUT2D eigenvalue weighted by atomic mass is 19.1. The highest BCUT2D eigenvalue weighted by Crippen LogP contribution is 2.26. The Hall–Kier alpha value is -3.36. The number of aromatic amines is 1. The van der Waals surface area contributed by atoms with Crippen LogP contribution in [0.3, 0.4) is 0 Å². The van der Waals surface area contributed by atoms with Gasteiger partial charge in [0.15, 0.2) is 17.3 Å². The Morgan fingerprint density at radius 1 is 1.21 bits per heavy atom. The zero-order valence-corrected chi connectivity index (χ0v) is 20.1. The zero-order chi connectivity index (χ0) is 24.9. The van der Waals surface area contributed by atoms with Gasteiger partial charge in [0.05, 0.1) is 17.7 Å². The van der Waals surface area contributed by atoms with E-state index in [4.69, 9.17) is 9.47 Å². The number of aryl methyl sites for hydroxylation is 1. The first kappa shape index (κ1) is 25.3. The van der Waals surface area contributed by atoms with E-state index >= 15 is 0 Å². The van der Waals surface area contributed by atoms with Crippen molar-refractivity contribution in [3.05, 3.63) is 47.0 Å². The molecule has 0 saturated carbocycles. The second kappa shape index (κ2) is 10.7. The summed E-state index contributed by atoms with van der Waals surface area (Å²) in [4.78, 5) is 41.7. The maximum atomic E-state index is 14.6. The van der Waals surface area contributed by atoms with Gasteiger partial charge in [0.2, 0.25) is 0 Å². The lowest BCUT2D eigenvalue weighted by molar-refractivity contribution is 0.0225. The Morgan fingerprint density at radius 3 is 2.65 bits per heavy atom. The van der Waals surface area contributed by atoms with Crippen molar-refractivity contribution in [3.63, 3.8) is 0 Å². The average molecular weight is 474 g/mol. The second-order valence-corrected chi connectivity index (χ2v) is 9.25. The summed E-state index contributed by atoms with van der Waals surface area (Å²) in [5.74, 6) is -1.18. The van der Waals surface area contributed by atoms with Gasteiger partial charge in [-0.3, -0.25) is 9.59 Å². The molecule has 1 aromatic carbocycles. The number of H-pyrrole nitrogens is 1. The molecule has 0 fully saturated rings. The fourth-order valence-corrected chi connectivity index (χ4v) is 3.76. The number of fused-ring (bicyclic) bond motifs is 1. The molecule has 0 unspecified atom stereocenters. The smallest absolute Gasteiger partial charge is 0.410 e. The van der Waals surface area contributed by atoms with Crippen molar-refractivity contribution in [2.75, 3.05) is 25.0 Å². The molecule has 8 nitrogen and oxygen atoms in total. The summed E-state index contributed by atoms with van der Waals surface area (Å²) in [6, 6.07) is 4.10. The van der Waals surface area contributed by atoms with E-state index < -0.39 is 23.4 Å². The summed E-state index contributed by atoms with van der Waals surface area (Å²) in [6.07, 6.45) is 3.71. The number of hydrogen-bond acceptors (Lipinski definition) is 5. The Bertz CT molecular complexity index is 1060. The predicted molar refractivity (Wildman–Crippen MR) is 126 cm³/mol. The predicted octanol–water partition coefficient (Wildman–Crippen LogP) is 4.95. The van der Waals surface area contributed by atoms with Crippen molar-refractivity contribution in [2.24, 2.45) is 0 Å². The third-order valence-corrected chi connectivity index (χ3v) is 5.27. The normalized spacial score (nSPS) is 13.3. The molecule has 184 valence electrons. The highest BCUT2D eigenvalue weighted by Gasteiger charge is 2.26. The first-order chi connectivity index (χ1) is 16.1. The monoisotopic (exact) mass is 473 g/mol. The number of halogens is 1. The molecule has 0 bridgehead atoms. The van der Waals surface area contributed by atoms with E-state index in [-0.39, 0.29) is 35.9 Å². The van der Waals surface area contributed by atoms with Crippen LogP contribution in [0.25, 0.3) is 0 Å². The third kappa shape index (κ3) is 6.36. The molecule has 0 radical (unpaired) electrons. The fourth-order valence-electron chi connectivity index (χ4n) is 3.76. The number of benzene rings is 1. The number of carbonyl (C=O) groups excluding carboxylic acids is 3. The molecule has 0 aliphatic heterocycles. The van der Waals surface area contributed by atoms with E-state index in [1.54, 1.807) is 20.8 Å². The number of carbonyl (C=O) groups is 3. The topological polar surface area (TPSA) is 101 Å². The van der Waals surface area contributed by atoms with Crippen molar-refractivity contribution < 1.29 is 28.2 Å². The van der Waals surface area contributed by atoms with Gasteiger partial charge in [0.1, 0.15) is 12.2 Å². The van der Waals surface area contributed by atoms with Gasteiger partial charge in [-0.25, -0.2) is 9.18 Å². The van der Waals surface area contributed by atoms with E-state index in [9.17, 15) is 18.8 Å². The van der Waals surface area contributed by atoms with Gasteiger partial charge in [-0.15, -0.1) is 0 Å². The van der Waals surface area contributed by atoms with Crippen molar-refractivity contribution >= 4 is 23.5 Å². The van der Waals surface area contributed by atoms with Crippen molar-refractivity contribution in [1.82, 2.24) is 9.88 Å². The molecule has 2 N–H and O–H groups in total. The molecule has 9 heteroatoms. The minimum absolute atomic E-state index is 0.00726. The van der Waals surface area contributed by atoms with Gasteiger partial charge in [-0.1, -0.05) is 6.92 Å². The number of ether oxygens (including phenoxy) is 2. The lowest BCUT2D eigenvalue weighted by Crippen LogP contribution is -2.39. The lowest BCUT2D eigenvalue weighted by atomic mass is 9.93. The van der Waals surface area contributed by atoms with Gasteiger partial charge >= 0.3 is 6.09 Å². The number of nitrogens with one attached hydrogen (secondary N) is 2. The fraction of sp³-hybridized carbons (Fsp3) is 0.480. The number of ketones is 1. The Labute approximate surface area is 198 Å². The molecule has 0 saturated heterocycles. The zero-order valence-electron chi connectivity index (χ0n) is 20.1. The summed E-state index contributed by atoms with van der Waals surface area (Å²) >= 11 is 0. The molecule has 0 atom stereocenters. The van der Waals surface area contributed by atoms with Crippen LogP contribution in [0, 0.1) is 5.82 Å². The van der Waals surface area contributed by atoms with Gasteiger partial charge in [0, 0.05) is 36.6 Å². The standard InChI is InChI=1S/C25H32FN3O5/c1-5-11-29(24(32)34-25(2,3)4)12-13-33-21-10-9-16(14-18(21)26)28-23(31)17-15-27-19-7-6-8-20(30)22(17)19/h9-10,14-15,27H,5-8,11-13H2,1-4H3,(H,28,31). The van der Waals surface area contributed by atoms with E-state index in [1.807, 2.05) is 6.92 Å². The number of anilines is 1. The van der Waals surface area contributed by atoms with E-state index in [0.717, 1.165) is 31.0 Å². The summed E-state index contributed by atoms with van der Waals surface area (Å²) in [6.45, 7) is 8.16. The summed E-state index contributed by atoms with van der Waals surface area (Å²) in [7, 11) is 0. The van der Waals surface area contributed by atoms with Crippen LogP contribution >= 0.6 is 0 Å². The maximum absolute atomic E-state index is 14.6. The van der Waals surface area contributed by atoms with Gasteiger partial charge < -0.3 is 24.7 Å². The molecule has 0 spiro atoms. The van der Waals surface area contributed by atoms with E-state index in [2.05, 4.69) is 10.3 Å². The van der Waals surface area contributed by atoms with Gasteiger partial charge in [-0.2, -0.15) is 0 Å². The van der Waals surface area contributed by atoms with Gasteiger partial charge in [0.25, 0.3) is 5.91 Å². The Balaban J connectivity index is 1.59. The molecule has 1 aliphatic rings. The quantitative estimate of drug-likeness (QED) is 0.565. The van der Waals surface area contributed by atoms with Crippen LogP contribution in [0.15, 0.2) is 24.4 Å². The number of amides is 2. The molecule has 2 amide bonds. The Morgan fingerprint density at radius 2 is 1.97 bits per heavy atom. The molecule has 3 rings (SSSR count). The number of rotatable bonds is 8. The lowest BCUT2D eigenvalue weighted by Gasteiger charge is -2.27. The molecule has 2 aromatic rings. The van der Waals surface area contributed by atoms with Crippen LogP contribution < -0.4 is 10.1 Å². The SMILES string of the molecule is CCCN(CCOc1ccc(NC(=O)c2c[nH]c3c2C(=O)CCC3)cc1F)C(=O)OC(C)(C)C. The van der Waals surface area contributed by atoms with Crippen molar-refractivity contribution in [3.8, 4) is 5.75 Å². The first-order valence-electron chi connectivity index (χ1n) is 11.5. The summed E-state index contributed by atoms with van der Waals surface area (Å²) in [5, 5.41) is 2.63. The number of nitrogens with zero attached hydrogens (tertiary/aromatic N) is 1. The molecule has 34 heavy (non-hydrogen) atoms. The highest BCUT2D eigenvalue weighted by molar-refractivity contribution is 6.13. The largest absolute Gasteiger partial charge is 0.489 e. The molecule has 1 heterocycles. The minimum atomic E-state index is -0.649. The van der Waals surface area contributed by atoms with E-state index in [0.29, 0.717) is 18.5 Å². The molecular formula is C25H32FN3O5. The van der Waals surface area contributed by atoms with Gasteiger partial charge in [-0.05, 0) is 52.2 Å². The van der Waals surface area contributed by atoms with Crippen LogP contribution in [0.2, 0.25) is 0 Å². The molecular weight excluding hydrogens is 441 g/mol. The van der Waals surface area contributed by atoms with Crippen LogP contribution in [0.4, 0.5) is 14.9 Å². The summed E-state index contributed by atoms with van der Waals surface area (Å²) in [5.41, 5.74) is 1.09. The van der Waals surface area contributed by atoms with Crippen LogP contribution in [0.5, 0.6) is 5.75 Å². The second-order valence-electron chi connectivity index (χ2n) is 9.25. The molecule has 1 aliphatic carbocycles. The minimum Gasteiger partial charge on any atom is -0.489 e. The van der Waals surface area contributed by atoms with Crippen LogP contribution in [-0.2, 0) is 11.2 Å². The Kier molecular flexibility index (Phi) is 7.96. The number of aromatic nitrogens is 1. The van der Waals surface area contributed by atoms with E-state index in [1.165, 1.54) is 23.2 Å². The third-order valence-electron chi connectivity index (χ3n) is 5.27. The van der Waals surface area contributed by atoms with Crippen molar-refractivity contribution in [1.29, 1.82) is 0 Å². The summed E-state index contributed by atoms with van der Waals surface area (Å²) < 4.78 is 25.5. The maximum Gasteiger partial charge on any atom is 0.410 e. The first-order valence-corrected chi connectivity index (χ1v) is 11.5. The van der Waals surface area contributed by atoms with Crippen molar-refractivity contribution in [2.45, 2.75) is 59.0 Å². The van der Waals surface area contributed by atoms with Crippen LogP contribution in [0.1, 0.15) is 73.4 Å². The number of Topliss-reactive ketones (excluding diaryl/α,β-unsaturated/α-hetero) is 1. The molecule has 1 aromatic heterocycles.